The maximum absolute atomic E-state index is 9.80. The standard InChI is InChI=1S/C14H26O2/c1-2-3-4-5-8-16-14-10-11-6-7-12(14)9-13(11)15/h11-15H,2-10H2,1H3. The Labute approximate surface area is 99.4 Å². The summed E-state index contributed by atoms with van der Waals surface area (Å²) in [6, 6.07) is 0. The van der Waals surface area contributed by atoms with E-state index in [9.17, 15) is 5.11 Å². The molecule has 1 N–H and O–H groups in total. The molecule has 2 bridgehead atoms. The number of aliphatic hydroxyl groups excluding tert-OH is 1. The third kappa shape index (κ3) is 2.98. The first kappa shape index (κ1) is 12.4. The highest BCUT2D eigenvalue weighted by molar-refractivity contribution is 4.92. The molecular formula is C14H26O2. The first-order chi connectivity index (χ1) is 7.81. The third-order valence-electron chi connectivity index (χ3n) is 4.39. The fraction of sp³-hybridized carbons (Fsp3) is 1.00. The highest BCUT2D eigenvalue weighted by Gasteiger charge is 2.41. The monoisotopic (exact) mass is 226 g/mol. The summed E-state index contributed by atoms with van der Waals surface area (Å²) >= 11 is 0. The zero-order valence-corrected chi connectivity index (χ0v) is 10.5. The Kier molecular flexibility index (Phi) is 4.66. The molecule has 94 valence electrons. The molecule has 0 spiro atoms. The molecule has 4 atom stereocenters. The van der Waals surface area contributed by atoms with Crippen LogP contribution in [0.2, 0.25) is 0 Å². The maximum atomic E-state index is 9.80. The zero-order valence-electron chi connectivity index (χ0n) is 10.5. The van der Waals surface area contributed by atoms with E-state index >= 15 is 0 Å². The predicted molar refractivity (Wildman–Crippen MR) is 65.3 cm³/mol. The van der Waals surface area contributed by atoms with Gasteiger partial charge in [0.15, 0.2) is 0 Å². The first-order valence-electron chi connectivity index (χ1n) is 7.11. The van der Waals surface area contributed by atoms with E-state index in [2.05, 4.69) is 6.92 Å². The van der Waals surface area contributed by atoms with Crippen molar-refractivity contribution < 1.29 is 9.84 Å². The molecule has 0 aliphatic heterocycles. The SMILES string of the molecule is CCCCCCOC1CC2CCC1CC2O. The summed E-state index contributed by atoms with van der Waals surface area (Å²) in [5.41, 5.74) is 0. The number of ether oxygens (including phenoxy) is 1. The van der Waals surface area contributed by atoms with Gasteiger partial charge in [0.1, 0.15) is 0 Å². The molecule has 3 rings (SSSR count). The van der Waals surface area contributed by atoms with Gasteiger partial charge in [-0.3, -0.25) is 0 Å². The van der Waals surface area contributed by atoms with E-state index in [1.807, 2.05) is 0 Å². The minimum Gasteiger partial charge on any atom is -0.393 e. The Morgan fingerprint density at radius 1 is 1.06 bits per heavy atom. The molecule has 3 aliphatic rings. The molecule has 0 aromatic heterocycles. The Hall–Kier alpha value is -0.0800. The van der Waals surface area contributed by atoms with Crippen LogP contribution in [0.5, 0.6) is 0 Å². The highest BCUT2D eigenvalue weighted by Crippen LogP contribution is 2.42. The second-order valence-electron chi connectivity index (χ2n) is 5.61. The van der Waals surface area contributed by atoms with E-state index in [1.54, 1.807) is 0 Å². The minimum atomic E-state index is -0.0290. The minimum absolute atomic E-state index is 0.0290. The van der Waals surface area contributed by atoms with Crippen LogP contribution in [-0.2, 0) is 4.74 Å². The van der Waals surface area contributed by atoms with E-state index in [4.69, 9.17) is 4.74 Å². The Morgan fingerprint density at radius 2 is 1.88 bits per heavy atom. The van der Waals surface area contributed by atoms with Gasteiger partial charge in [0.25, 0.3) is 0 Å². The lowest BCUT2D eigenvalue weighted by atomic mass is 9.67. The van der Waals surface area contributed by atoms with Crippen LogP contribution in [0.1, 0.15) is 58.3 Å². The Bertz CT molecular complexity index is 205. The third-order valence-corrected chi connectivity index (χ3v) is 4.39. The second kappa shape index (κ2) is 6.02. The molecule has 0 heterocycles. The van der Waals surface area contributed by atoms with Gasteiger partial charge in [-0.05, 0) is 43.9 Å². The van der Waals surface area contributed by atoms with Crippen LogP contribution in [0, 0.1) is 11.8 Å². The van der Waals surface area contributed by atoms with Gasteiger partial charge in [-0.2, -0.15) is 0 Å². The van der Waals surface area contributed by atoms with Crippen LogP contribution < -0.4 is 0 Å². The van der Waals surface area contributed by atoms with E-state index in [0.29, 0.717) is 17.9 Å². The average molecular weight is 226 g/mol. The number of hydrogen-bond acceptors (Lipinski definition) is 2. The highest BCUT2D eigenvalue weighted by atomic mass is 16.5. The molecule has 0 aromatic rings. The predicted octanol–water partition coefficient (Wildman–Crippen LogP) is 3.13. The number of hydrogen-bond donors (Lipinski definition) is 1. The number of unbranched alkanes of at least 4 members (excludes halogenated alkanes) is 3. The van der Waals surface area contributed by atoms with Crippen LogP contribution in [0.4, 0.5) is 0 Å². The summed E-state index contributed by atoms with van der Waals surface area (Å²) in [6.07, 6.45) is 10.2. The number of fused-ring (bicyclic) bond motifs is 3. The van der Waals surface area contributed by atoms with Gasteiger partial charge in [-0.25, -0.2) is 0 Å². The lowest BCUT2D eigenvalue weighted by Gasteiger charge is -2.45. The molecule has 3 aliphatic carbocycles. The second-order valence-corrected chi connectivity index (χ2v) is 5.61. The summed E-state index contributed by atoms with van der Waals surface area (Å²) < 4.78 is 6.00. The van der Waals surface area contributed by atoms with Crippen molar-refractivity contribution in [3.05, 3.63) is 0 Å². The Balaban J connectivity index is 1.64. The van der Waals surface area contributed by atoms with Crippen molar-refractivity contribution in [1.82, 2.24) is 0 Å². The smallest absolute Gasteiger partial charge is 0.0607 e. The fourth-order valence-electron chi connectivity index (χ4n) is 3.31. The summed E-state index contributed by atoms with van der Waals surface area (Å²) in [6.45, 7) is 3.17. The molecule has 0 amide bonds. The fourth-order valence-corrected chi connectivity index (χ4v) is 3.31. The van der Waals surface area contributed by atoms with Gasteiger partial charge >= 0.3 is 0 Å². The van der Waals surface area contributed by atoms with Gasteiger partial charge in [0, 0.05) is 6.61 Å². The van der Waals surface area contributed by atoms with Gasteiger partial charge in [0.2, 0.25) is 0 Å². The van der Waals surface area contributed by atoms with Gasteiger partial charge in [-0.15, -0.1) is 0 Å². The lowest BCUT2D eigenvalue weighted by Crippen LogP contribution is -2.44. The molecule has 2 heteroatoms. The Morgan fingerprint density at radius 3 is 2.50 bits per heavy atom. The van der Waals surface area contributed by atoms with Crippen molar-refractivity contribution in [2.24, 2.45) is 11.8 Å². The summed E-state index contributed by atoms with van der Waals surface area (Å²) in [7, 11) is 0. The molecule has 2 nitrogen and oxygen atoms in total. The van der Waals surface area contributed by atoms with E-state index in [1.165, 1.54) is 38.5 Å². The molecule has 0 aromatic carbocycles. The lowest BCUT2D eigenvalue weighted by molar-refractivity contribution is -0.102. The van der Waals surface area contributed by atoms with Crippen molar-refractivity contribution in [2.45, 2.75) is 70.5 Å². The number of rotatable bonds is 6. The topological polar surface area (TPSA) is 29.5 Å². The van der Waals surface area contributed by atoms with Crippen LogP contribution >= 0.6 is 0 Å². The summed E-state index contributed by atoms with van der Waals surface area (Å²) in [5, 5.41) is 9.80. The summed E-state index contributed by atoms with van der Waals surface area (Å²) in [5.74, 6) is 1.18. The zero-order chi connectivity index (χ0) is 11.4. The van der Waals surface area contributed by atoms with E-state index in [0.717, 1.165) is 19.4 Å². The van der Waals surface area contributed by atoms with Gasteiger partial charge < -0.3 is 9.84 Å². The van der Waals surface area contributed by atoms with Crippen LogP contribution in [0.15, 0.2) is 0 Å². The average Bonchev–Trinajstić information content (AvgIpc) is 2.30. The summed E-state index contributed by atoms with van der Waals surface area (Å²) in [4.78, 5) is 0. The molecule has 4 unspecified atom stereocenters. The normalized spacial score (nSPS) is 37.9. The number of aliphatic hydroxyl groups is 1. The maximum Gasteiger partial charge on any atom is 0.0607 e. The first-order valence-corrected chi connectivity index (χ1v) is 7.11. The van der Waals surface area contributed by atoms with Gasteiger partial charge in [-0.1, -0.05) is 26.2 Å². The van der Waals surface area contributed by atoms with Crippen LogP contribution in [0.3, 0.4) is 0 Å². The molecule has 0 saturated heterocycles. The largest absolute Gasteiger partial charge is 0.393 e. The van der Waals surface area contributed by atoms with Crippen molar-refractivity contribution in [3.8, 4) is 0 Å². The van der Waals surface area contributed by atoms with Gasteiger partial charge in [0.05, 0.1) is 12.2 Å². The molecule has 3 fully saturated rings. The van der Waals surface area contributed by atoms with Crippen molar-refractivity contribution in [3.63, 3.8) is 0 Å². The molecule has 0 radical (unpaired) electrons. The van der Waals surface area contributed by atoms with Crippen LogP contribution in [0.25, 0.3) is 0 Å². The van der Waals surface area contributed by atoms with Crippen molar-refractivity contribution >= 4 is 0 Å². The molecular weight excluding hydrogens is 200 g/mol. The van der Waals surface area contributed by atoms with Crippen molar-refractivity contribution in [1.29, 1.82) is 0 Å². The van der Waals surface area contributed by atoms with E-state index < -0.39 is 0 Å². The van der Waals surface area contributed by atoms with E-state index in [-0.39, 0.29) is 6.10 Å². The quantitative estimate of drug-likeness (QED) is 0.705. The van der Waals surface area contributed by atoms with Crippen molar-refractivity contribution in [2.75, 3.05) is 6.61 Å². The van der Waals surface area contributed by atoms with Crippen LogP contribution in [-0.4, -0.2) is 23.9 Å². The molecule has 3 saturated carbocycles. The molecule has 16 heavy (non-hydrogen) atoms.